The number of rotatable bonds is 4. The smallest absolute Gasteiger partial charge is 0.343 e. The van der Waals surface area contributed by atoms with E-state index in [1.165, 1.54) is 7.11 Å². The molecule has 6 nitrogen and oxygen atoms in total. The van der Waals surface area contributed by atoms with Gasteiger partial charge in [0.05, 0.1) is 12.0 Å². The second-order valence-corrected chi connectivity index (χ2v) is 4.80. The van der Waals surface area contributed by atoms with Gasteiger partial charge in [-0.1, -0.05) is 12.1 Å². The van der Waals surface area contributed by atoms with Crippen LogP contribution in [0.3, 0.4) is 0 Å². The molecule has 20 heavy (non-hydrogen) atoms. The van der Waals surface area contributed by atoms with Gasteiger partial charge in [0, 0.05) is 0 Å². The number of hydrogen-bond acceptors (Lipinski definition) is 6. The highest BCUT2D eigenvalue weighted by Gasteiger charge is 2.24. The van der Waals surface area contributed by atoms with Gasteiger partial charge in [0.25, 0.3) is 11.1 Å². The number of carbonyl (C=O) groups excluding carboxylic acids is 3. The number of hydrogen-bond donors (Lipinski definition) is 1. The Balaban J connectivity index is 2.01. The third kappa shape index (κ3) is 3.61. The van der Waals surface area contributed by atoms with Crippen molar-refractivity contribution in [2.45, 2.75) is 0 Å². The largest absolute Gasteiger partial charge is 0.482 e. The third-order valence-corrected chi connectivity index (χ3v) is 3.21. The first-order valence-corrected chi connectivity index (χ1v) is 6.44. The maximum absolute atomic E-state index is 11.4. The number of thioether (sulfide) groups is 1. The lowest BCUT2D eigenvalue weighted by molar-refractivity contribution is -0.142. The van der Waals surface area contributed by atoms with Crippen LogP contribution in [-0.4, -0.2) is 30.8 Å². The number of nitrogens with one attached hydrogen (secondary N) is 1. The summed E-state index contributed by atoms with van der Waals surface area (Å²) < 4.78 is 9.64. The normalized spacial score (nSPS) is 16.1. The van der Waals surface area contributed by atoms with Gasteiger partial charge in [-0.3, -0.25) is 14.9 Å². The van der Waals surface area contributed by atoms with Crippen molar-refractivity contribution in [3.8, 4) is 5.75 Å². The van der Waals surface area contributed by atoms with E-state index in [1.54, 1.807) is 30.3 Å². The summed E-state index contributed by atoms with van der Waals surface area (Å²) in [5.74, 6) is -0.350. The van der Waals surface area contributed by atoms with Crippen LogP contribution < -0.4 is 10.1 Å². The maximum Gasteiger partial charge on any atom is 0.343 e. The molecule has 1 saturated heterocycles. The van der Waals surface area contributed by atoms with Crippen LogP contribution in [0.2, 0.25) is 0 Å². The summed E-state index contributed by atoms with van der Waals surface area (Å²) in [7, 11) is 1.28. The molecule has 1 aromatic carbocycles. The van der Waals surface area contributed by atoms with Crippen molar-refractivity contribution in [1.82, 2.24) is 5.32 Å². The summed E-state index contributed by atoms with van der Waals surface area (Å²) in [4.78, 5) is 33.6. The van der Waals surface area contributed by atoms with Gasteiger partial charge >= 0.3 is 5.97 Å². The van der Waals surface area contributed by atoms with Crippen molar-refractivity contribution in [2.24, 2.45) is 0 Å². The molecule has 1 heterocycles. The third-order valence-electron chi connectivity index (χ3n) is 2.40. The van der Waals surface area contributed by atoms with Gasteiger partial charge in [0.2, 0.25) is 0 Å². The van der Waals surface area contributed by atoms with E-state index in [0.717, 1.165) is 17.3 Å². The Hall–Kier alpha value is -2.28. The Morgan fingerprint density at radius 2 is 2.00 bits per heavy atom. The van der Waals surface area contributed by atoms with Gasteiger partial charge in [-0.2, -0.15) is 0 Å². The number of esters is 1. The SMILES string of the molecule is COC(=O)COc1ccc(C=C2SC(=O)NC2=O)cc1. The second-order valence-electron chi connectivity index (χ2n) is 3.79. The zero-order chi connectivity index (χ0) is 14.5. The molecule has 0 atom stereocenters. The Bertz CT molecular complexity index is 579. The molecular weight excluding hydrogens is 282 g/mol. The standard InChI is InChI=1S/C13H11NO5S/c1-18-11(15)7-19-9-4-2-8(3-5-9)6-10-12(16)14-13(17)20-10/h2-6H,7H2,1H3,(H,14,16,17). The fraction of sp³-hybridized carbons (Fsp3) is 0.154. The quantitative estimate of drug-likeness (QED) is 0.670. The van der Waals surface area contributed by atoms with Crippen LogP contribution in [0, 0.1) is 0 Å². The molecule has 1 fully saturated rings. The van der Waals surface area contributed by atoms with Crippen molar-refractivity contribution in [2.75, 3.05) is 13.7 Å². The molecule has 1 aromatic rings. The van der Waals surface area contributed by atoms with Gasteiger partial charge in [-0.25, -0.2) is 4.79 Å². The first-order valence-electron chi connectivity index (χ1n) is 5.63. The summed E-state index contributed by atoms with van der Waals surface area (Å²) in [6, 6.07) is 6.76. The predicted octanol–water partition coefficient (Wildman–Crippen LogP) is 1.56. The Labute approximate surface area is 119 Å². The number of methoxy groups -OCH3 is 1. The molecule has 0 saturated carbocycles. The van der Waals surface area contributed by atoms with Crippen molar-refractivity contribution >= 4 is 35.0 Å². The van der Waals surface area contributed by atoms with E-state index < -0.39 is 11.9 Å². The zero-order valence-corrected chi connectivity index (χ0v) is 11.4. The molecule has 7 heteroatoms. The molecule has 0 bridgehead atoms. The van der Waals surface area contributed by atoms with E-state index in [4.69, 9.17) is 4.74 Å². The predicted molar refractivity (Wildman–Crippen MR) is 73.1 cm³/mol. The first-order chi connectivity index (χ1) is 9.58. The van der Waals surface area contributed by atoms with Crippen molar-refractivity contribution in [3.63, 3.8) is 0 Å². The van der Waals surface area contributed by atoms with E-state index in [9.17, 15) is 14.4 Å². The minimum Gasteiger partial charge on any atom is -0.482 e. The van der Waals surface area contributed by atoms with E-state index >= 15 is 0 Å². The van der Waals surface area contributed by atoms with Crippen LogP contribution in [0.15, 0.2) is 29.2 Å². The van der Waals surface area contributed by atoms with E-state index in [-0.39, 0.29) is 11.8 Å². The molecule has 0 unspecified atom stereocenters. The lowest BCUT2D eigenvalue weighted by Gasteiger charge is -2.04. The summed E-state index contributed by atoms with van der Waals surface area (Å²) >= 11 is 0.859. The van der Waals surface area contributed by atoms with Crippen molar-refractivity contribution in [3.05, 3.63) is 34.7 Å². The highest BCUT2D eigenvalue weighted by atomic mass is 32.2. The van der Waals surface area contributed by atoms with Gasteiger partial charge in [-0.05, 0) is 35.5 Å². The van der Waals surface area contributed by atoms with E-state index in [2.05, 4.69) is 10.1 Å². The Kier molecular flexibility index (Phi) is 4.41. The van der Waals surface area contributed by atoms with Crippen LogP contribution in [0.5, 0.6) is 5.75 Å². The minimum absolute atomic E-state index is 0.163. The molecule has 1 N–H and O–H groups in total. The molecule has 0 aromatic heterocycles. The van der Waals surface area contributed by atoms with Gasteiger partial charge in [0.15, 0.2) is 6.61 Å². The fourth-order valence-corrected chi connectivity index (χ4v) is 2.12. The van der Waals surface area contributed by atoms with Crippen LogP contribution in [0.1, 0.15) is 5.56 Å². The molecule has 2 rings (SSSR count). The highest BCUT2D eigenvalue weighted by Crippen LogP contribution is 2.26. The fourth-order valence-electron chi connectivity index (χ4n) is 1.43. The molecular formula is C13H11NO5S. The molecule has 104 valence electrons. The molecule has 1 aliphatic rings. The highest BCUT2D eigenvalue weighted by molar-refractivity contribution is 8.18. The monoisotopic (exact) mass is 293 g/mol. The zero-order valence-electron chi connectivity index (χ0n) is 10.5. The average molecular weight is 293 g/mol. The summed E-state index contributed by atoms with van der Waals surface area (Å²) in [5.41, 5.74) is 0.753. The number of imide groups is 1. The van der Waals surface area contributed by atoms with Gasteiger partial charge in [-0.15, -0.1) is 0 Å². The van der Waals surface area contributed by atoms with E-state index in [0.29, 0.717) is 10.7 Å². The van der Waals surface area contributed by atoms with Crippen LogP contribution in [0.4, 0.5) is 4.79 Å². The van der Waals surface area contributed by atoms with Crippen LogP contribution in [-0.2, 0) is 14.3 Å². The van der Waals surface area contributed by atoms with Crippen LogP contribution in [0.25, 0.3) is 6.08 Å². The maximum atomic E-state index is 11.4. The molecule has 0 spiro atoms. The number of amides is 2. The molecule has 0 aliphatic carbocycles. The van der Waals surface area contributed by atoms with Crippen LogP contribution >= 0.6 is 11.8 Å². The lowest BCUT2D eigenvalue weighted by Crippen LogP contribution is -2.17. The number of benzene rings is 1. The molecule has 2 amide bonds. The number of ether oxygens (including phenoxy) is 2. The number of carbonyl (C=O) groups is 3. The van der Waals surface area contributed by atoms with Gasteiger partial charge in [0.1, 0.15) is 5.75 Å². The summed E-state index contributed by atoms with van der Waals surface area (Å²) in [5, 5.41) is 1.80. The average Bonchev–Trinajstić information content (AvgIpc) is 2.75. The second kappa shape index (κ2) is 6.25. The first kappa shape index (κ1) is 14.1. The summed E-state index contributed by atoms with van der Waals surface area (Å²) in [6.45, 7) is -0.163. The van der Waals surface area contributed by atoms with E-state index in [1.807, 2.05) is 0 Å². The Morgan fingerprint density at radius 1 is 1.30 bits per heavy atom. The summed E-state index contributed by atoms with van der Waals surface area (Å²) in [6.07, 6.45) is 1.61. The van der Waals surface area contributed by atoms with Gasteiger partial charge < -0.3 is 9.47 Å². The topological polar surface area (TPSA) is 81.7 Å². The molecule has 1 aliphatic heterocycles. The molecule has 0 radical (unpaired) electrons. The van der Waals surface area contributed by atoms with Crippen molar-refractivity contribution in [1.29, 1.82) is 0 Å². The Morgan fingerprint density at radius 3 is 2.55 bits per heavy atom. The minimum atomic E-state index is -0.464. The van der Waals surface area contributed by atoms with Crippen molar-refractivity contribution < 1.29 is 23.9 Å². The lowest BCUT2D eigenvalue weighted by atomic mass is 10.2.